The van der Waals surface area contributed by atoms with E-state index in [1.807, 2.05) is 6.20 Å². The van der Waals surface area contributed by atoms with Crippen LogP contribution in [0.3, 0.4) is 0 Å². The number of rotatable bonds is 0. The third-order valence-electron chi connectivity index (χ3n) is 1.89. The molecular weight excluding hydrogens is 239 g/mol. The van der Waals surface area contributed by atoms with Gasteiger partial charge in [-0.2, -0.15) is 0 Å². The van der Waals surface area contributed by atoms with E-state index in [0.717, 1.165) is 24.0 Å². The first-order chi connectivity index (χ1) is 5.36. The molecule has 0 saturated carbocycles. The van der Waals surface area contributed by atoms with Crippen molar-refractivity contribution in [2.75, 3.05) is 6.54 Å². The van der Waals surface area contributed by atoms with Crippen LogP contribution in [0.25, 0.3) is 0 Å². The lowest BCUT2D eigenvalue weighted by molar-refractivity contribution is 0.626. The van der Waals surface area contributed by atoms with Crippen LogP contribution in [0, 0.1) is 0 Å². The molecule has 0 aromatic carbocycles. The molecular formula is C8H10BrClN2. The molecule has 1 aromatic rings. The molecule has 1 aliphatic heterocycles. The average Bonchev–Trinajstić information content (AvgIpc) is 2.04. The zero-order valence-corrected chi connectivity index (χ0v) is 8.91. The Kier molecular flexibility index (Phi) is 3.50. The SMILES string of the molecule is Brc1cnc2c(c1)CCNC2.Cl. The Morgan fingerprint density at radius 2 is 2.33 bits per heavy atom. The lowest BCUT2D eigenvalue weighted by Crippen LogP contribution is -2.24. The van der Waals surface area contributed by atoms with Gasteiger partial charge in [-0.1, -0.05) is 0 Å². The number of fused-ring (bicyclic) bond motifs is 1. The van der Waals surface area contributed by atoms with Crippen LogP contribution in [-0.4, -0.2) is 11.5 Å². The molecule has 2 rings (SSSR count). The van der Waals surface area contributed by atoms with Gasteiger partial charge in [0, 0.05) is 17.2 Å². The Balaban J connectivity index is 0.000000720. The fourth-order valence-corrected chi connectivity index (χ4v) is 1.69. The molecule has 0 aliphatic carbocycles. The summed E-state index contributed by atoms with van der Waals surface area (Å²) in [5.74, 6) is 0. The summed E-state index contributed by atoms with van der Waals surface area (Å²) in [5.41, 5.74) is 2.57. The minimum absolute atomic E-state index is 0. The smallest absolute Gasteiger partial charge is 0.0574 e. The molecule has 0 saturated heterocycles. The number of nitrogens with zero attached hydrogens (tertiary/aromatic N) is 1. The van der Waals surface area contributed by atoms with E-state index in [-0.39, 0.29) is 12.4 Å². The van der Waals surface area contributed by atoms with Crippen molar-refractivity contribution in [2.45, 2.75) is 13.0 Å². The van der Waals surface area contributed by atoms with Gasteiger partial charge in [-0.15, -0.1) is 12.4 Å². The van der Waals surface area contributed by atoms with Crippen molar-refractivity contribution in [1.82, 2.24) is 10.3 Å². The van der Waals surface area contributed by atoms with Crippen LogP contribution in [0.2, 0.25) is 0 Å². The van der Waals surface area contributed by atoms with Gasteiger partial charge in [0.05, 0.1) is 5.69 Å². The topological polar surface area (TPSA) is 24.9 Å². The van der Waals surface area contributed by atoms with Crippen molar-refractivity contribution in [3.8, 4) is 0 Å². The van der Waals surface area contributed by atoms with Gasteiger partial charge >= 0.3 is 0 Å². The van der Waals surface area contributed by atoms with Gasteiger partial charge in [0.25, 0.3) is 0 Å². The quantitative estimate of drug-likeness (QED) is 0.760. The van der Waals surface area contributed by atoms with Gasteiger partial charge in [0.1, 0.15) is 0 Å². The number of halogens is 2. The van der Waals surface area contributed by atoms with Gasteiger partial charge in [-0.05, 0) is 40.5 Å². The molecule has 0 unspecified atom stereocenters. The Morgan fingerprint density at radius 1 is 1.50 bits per heavy atom. The summed E-state index contributed by atoms with van der Waals surface area (Å²) in [7, 11) is 0. The van der Waals surface area contributed by atoms with Crippen molar-refractivity contribution in [3.63, 3.8) is 0 Å². The van der Waals surface area contributed by atoms with Crippen LogP contribution >= 0.6 is 28.3 Å². The maximum Gasteiger partial charge on any atom is 0.0574 e. The molecule has 2 nitrogen and oxygen atoms in total. The number of aromatic nitrogens is 1. The molecule has 0 atom stereocenters. The highest BCUT2D eigenvalue weighted by Crippen LogP contribution is 2.16. The van der Waals surface area contributed by atoms with E-state index < -0.39 is 0 Å². The van der Waals surface area contributed by atoms with Crippen LogP contribution in [0.4, 0.5) is 0 Å². The van der Waals surface area contributed by atoms with Crippen molar-refractivity contribution >= 4 is 28.3 Å². The highest BCUT2D eigenvalue weighted by molar-refractivity contribution is 9.10. The van der Waals surface area contributed by atoms with E-state index in [1.165, 1.54) is 11.3 Å². The largest absolute Gasteiger partial charge is 0.311 e. The van der Waals surface area contributed by atoms with E-state index in [0.29, 0.717) is 0 Å². The molecule has 2 heterocycles. The van der Waals surface area contributed by atoms with E-state index >= 15 is 0 Å². The minimum atomic E-state index is 0. The fraction of sp³-hybridized carbons (Fsp3) is 0.375. The van der Waals surface area contributed by atoms with E-state index in [2.05, 4.69) is 32.3 Å². The molecule has 1 aliphatic rings. The summed E-state index contributed by atoms with van der Waals surface area (Å²) in [6.45, 7) is 1.99. The van der Waals surface area contributed by atoms with Gasteiger partial charge in [-0.3, -0.25) is 4.98 Å². The molecule has 66 valence electrons. The lowest BCUT2D eigenvalue weighted by Gasteiger charge is -2.15. The second-order valence-electron chi connectivity index (χ2n) is 2.69. The van der Waals surface area contributed by atoms with E-state index in [9.17, 15) is 0 Å². The van der Waals surface area contributed by atoms with E-state index in [1.54, 1.807) is 0 Å². The zero-order chi connectivity index (χ0) is 7.68. The minimum Gasteiger partial charge on any atom is -0.311 e. The predicted molar refractivity (Wildman–Crippen MR) is 54.6 cm³/mol. The Bertz CT molecular complexity index is 278. The van der Waals surface area contributed by atoms with Crippen LogP contribution in [0.15, 0.2) is 16.7 Å². The molecule has 1 N–H and O–H groups in total. The summed E-state index contributed by atoms with van der Waals surface area (Å²) in [6, 6.07) is 2.16. The van der Waals surface area contributed by atoms with Crippen LogP contribution in [0.5, 0.6) is 0 Å². The summed E-state index contributed by atoms with van der Waals surface area (Å²) in [5, 5.41) is 3.28. The molecule has 12 heavy (non-hydrogen) atoms. The molecule has 0 amide bonds. The lowest BCUT2D eigenvalue weighted by atomic mass is 10.1. The van der Waals surface area contributed by atoms with Gasteiger partial charge in [0.15, 0.2) is 0 Å². The molecule has 0 fully saturated rings. The van der Waals surface area contributed by atoms with Crippen molar-refractivity contribution < 1.29 is 0 Å². The monoisotopic (exact) mass is 248 g/mol. The van der Waals surface area contributed by atoms with Crippen molar-refractivity contribution in [1.29, 1.82) is 0 Å². The number of hydrogen-bond donors (Lipinski definition) is 1. The Hall–Kier alpha value is -0.120. The Morgan fingerprint density at radius 3 is 3.17 bits per heavy atom. The van der Waals surface area contributed by atoms with Crippen LogP contribution in [-0.2, 0) is 13.0 Å². The number of pyridine rings is 1. The summed E-state index contributed by atoms with van der Waals surface area (Å²) >= 11 is 3.41. The zero-order valence-electron chi connectivity index (χ0n) is 6.51. The first-order valence-corrected chi connectivity index (χ1v) is 4.49. The number of hydrogen-bond acceptors (Lipinski definition) is 2. The van der Waals surface area contributed by atoms with Crippen LogP contribution in [0.1, 0.15) is 11.3 Å². The maximum atomic E-state index is 4.31. The normalized spacial score (nSPS) is 14.8. The van der Waals surface area contributed by atoms with E-state index in [4.69, 9.17) is 0 Å². The Labute approximate surface area is 86.3 Å². The van der Waals surface area contributed by atoms with Gasteiger partial charge < -0.3 is 5.32 Å². The average molecular weight is 250 g/mol. The second-order valence-corrected chi connectivity index (χ2v) is 3.60. The maximum absolute atomic E-state index is 4.31. The van der Waals surface area contributed by atoms with Gasteiger partial charge in [-0.25, -0.2) is 0 Å². The van der Waals surface area contributed by atoms with Crippen LogP contribution < -0.4 is 5.32 Å². The molecule has 1 aromatic heterocycles. The third-order valence-corrected chi connectivity index (χ3v) is 2.32. The third kappa shape index (κ3) is 1.97. The van der Waals surface area contributed by atoms with Crippen molar-refractivity contribution in [3.05, 3.63) is 28.0 Å². The number of nitrogens with one attached hydrogen (secondary N) is 1. The molecule has 0 spiro atoms. The highest BCUT2D eigenvalue weighted by atomic mass is 79.9. The summed E-state index contributed by atoms with van der Waals surface area (Å²) < 4.78 is 1.08. The summed E-state index contributed by atoms with van der Waals surface area (Å²) in [6.07, 6.45) is 2.95. The molecule has 0 radical (unpaired) electrons. The summed E-state index contributed by atoms with van der Waals surface area (Å²) in [4.78, 5) is 4.31. The van der Waals surface area contributed by atoms with Crippen molar-refractivity contribution in [2.24, 2.45) is 0 Å². The first-order valence-electron chi connectivity index (χ1n) is 3.70. The fourth-order valence-electron chi connectivity index (χ4n) is 1.31. The highest BCUT2D eigenvalue weighted by Gasteiger charge is 2.08. The first kappa shape index (κ1) is 9.96. The second kappa shape index (κ2) is 4.21. The van der Waals surface area contributed by atoms with Gasteiger partial charge in [0.2, 0.25) is 0 Å². The standard InChI is InChI=1S/C8H9BrN2.ClH/c9-7-3-6-1-2-10-5-8(6)11-4-7;/h3-4,10H,1-2,5H2;1H. The molecule has 4 heteroatoms. The molecule has 0 bridgehead atoms. The predicted octanol–water partition coefficient (Wildman–Crippen LogP) is 1.91.